The summed E-state index contributed by atoms with van der Waals surface area (Å²) in [5, 5.41) is 5.13. The number of hydrogen-bond acceptors (Lipinski definition) is 3. The molecule has 0 atom stereocenters. The molecule has 0 aliphatic heterocycles. The third-order valence-electron chi connectivity index (χ3n) is 4.44. The van der Waals surface area contributed by atoms with Crippen molar-refractivity contribution in [3.63, 3.8) is 0 Å². The maximum Gasteiger partial charge on any atom is 0.228 e. The van der Waals surface area contributed by atoms with Gasteiger partial charge >= 0.3 is 0 Å². The molecule has 0 saturated carbocycles. The SMILES string of the molecule is Cc1cccc(C)c1Nc1nc(-c2ccc(Cl)cc2)c2ccccc2n1. The Kier molecular flexibility index (Phi) is 4.31. The molecule has 0 amide bonds. The van der Waals surface area contributed by atoms with Crippen LogP contribution in [-0.4, -0.2) is 9.97 Å². The minimum absolute atomic E-state index is 0.589. The molecule has 0 aliphatic rings. The fourth-order valence-electron chi connectivity index (χ4n) is 3.08. The molecule has 0 unspecified atom stereocenters. The largest absolute Gasteiger partial charge is 0.324 e. The van der Waals surface area contributed by atoms with E-state index in [1.165, 1.54) is 0 Å². The molecule has 1 aromatic heterocycles. The molecule has 1 heterocycles. The normalized spacial score (nSPS) is 10.9. The summed E-state index contributed by atoms with van der Waals surface area (Å²) in [6, 6.07) is 22.0. The number of fused-ring (bicyclic) bond motifs is 1. The van der Waals surface area contributed by atoms with Gasteiger partial charge < -0.3 is 5.32 Å². The zero-order chi connectivity index (χ0) is 18.1. The number of hydrogen-bond donors (Lipinski definition) is 1. The van der Waals surface area contributed by atoms with E-state index in [2.05, 4.69) is 37.4 Å². The van der Waals surface area contributed by atoms with Crippen molar-refractivity contribution in [2.24, 2.45) is 0 Å². The number of nitrogens with zero attached hydrogens (tertiary/aromatic N) is 2. The van der Waals surface area contributed by atoms with Crippen LogP contribution in [0.1, 0.15) is 11.1 Å². The Morgan fingerprint density at radius 1 is 0.769 bits per heavy atom. The minimum Gasteiger partial charge on any atom is -0.324 e. The average Bonchev–Trinajstić information content (AvgIpc) is 2.65. The van der Waals surface area contributed by atoms with Gasteiger partial charge in [-0.3, -0.25) is 0 Å². The quantitative estimate of drug-likeness (QED) is 0.465. The molecule has 0 spiro atoms. The van der Waals surface area contributed by atoms with E-state index in [1.54, 1.807) is 0 Å². The molecule has 0 radical (unpaired) electrons. The summed E-state index contributed by atoms with van der Waals surface area (Å²) in [6.07, 6.45) is 0. The highest BCUT2D eigenvalue weighted by molar-refractivity contribution is 6.30. The fraction of sp³-hybridized carbons (Fsp3) is 0.0909. The van der Waals surface area contributed by atoms with Crippen LogP contribution in [0.2, 0.25) is 5.02 Å². The van der Waals surface area contributed by atoms with E-state index in [4.69, 9.17) is 21.6 Å². The molecular weight excluding hydrogens is 342 g/mol. The zero-order valence-corrected chi connectivity index (χ0v) is 15.4. The summed E-state index contributed by atoms with van der Waals surface area (Å²) in [5.74, 6) is 0.589. The molecule has 128 valence electrons. The van der Waals surface area contributed by atoms with Crippen LogP contribution < -0.4 is 5.32 Å². The van der Waals surface area contributed by atoms with E-state index in [1.807, 2.05) is 48.5 Å². The zero-order valence-electron chi connectivity index (χ0n) is 14.6. The number of para-hydroxylation sites is 2. The first-order valence-corrected chi connectivity index (χ1v) is 8.85. The third-order valence-corrected chi connectivity index (χ3v) is 4.69. The number of aryl methyl sites for hydroxylation is 2. The lowest BCUT2D eigenvalue weighted by molar-refractivity contribution is 1.20. The average molecular weight is 360 g/mol. The van der Waals surface area contributed by atoms with Crippen LogP contribution in [0.25, 0.3) is 22.2 Å². The molecule has 1 N–H and O–H groups in total. The van der Waals surface area contributed by atoms with Gasteiger partial charge in [0.05, 0.1) is 11.2 Å². The summed E-state index contributed by atoms with van der Waals surface area (Å²) >= 11 is 6.05. The van der Waals surface area contributed by atoms with E-state index in [0.717, 1.165) is 39.0 Å². The summed E-state index contributed by atoms with van der Waals surface area (Å²) in [6.45, 7) is 4.16. The van der Waals surface area contributed by atoms with Crippen LogP contribution in [0.5, 0.6) is 0 Å². The summed E-state index contributed by atoms with van der Waals surface area (Å²) in [4.78, 5) is 9.52. The molecule has 26 heavy (non-hydrogen) atoms. The van der Waals surface area contributed by atoms with Gasteiger partial charge in [0, 0.05) is 21.7 Å². The Balaban J connectivity index is 1.88. The van der Waals surface area contributed by atoms with Gasteiger partial charge in [0.2, 0.25) is 5.95 Å². The smallest absolute Gasteiger partial charge is 0.228 e. The summed E-state index contributed by atoms with van der Waals surface area (Å²) in [7, 11) is 0. The number of aromatic nitrogens is 2. The van der Waals surface area contributed by atoms with Gasteiger partial charge in [0.1, 0.15) is 0 Å². The van der Waals surface area contributed by atoms with Gasteiger partial charge in [0.15, 0.2) is 0 Å². The van der Waals surface area contributed by atoms with E-state index < -0.39 is 0 Å². The Hall–Kier alpha value is -2.91. The van der Waals surface area contributed by atoms with Crippen LogP contribution in [0, 0.1) is 13.8 Å². The summed E-state index contributed by atoms with van der Waals surface area (Å²) in [5.41, 5.74) is 6.18. The lowest BCUT2D eigenvalue weighted by atomic mass is 10.1. The maximum atomic E-state index is 6.05. The Morgan fingerprint density at radius 2 is 1.46 bits per heavy atom. The van der Waals surface area contributed by atoms with Crippen molar-refractivity contribution in [2.75, 3.05) is 5.32 Å². The number of anilines is 2. The van der Waals surface area contributed by atoms with E-state index >= 15 is 0 Å². The predicted molar refractivity (Wildman–Crippen MR) is 109 cm³/mol. The van der Waals surface area contributed by atoms with Gasteiger partial charge in [-0.1, -0.05) is 60.1 Å². The molecule has 0 bridgehead atoms. The van der Waals surface area contributed by atoms with Gasteiger partial charge in [-0.15, -0.1) is 0 Å². The van der Waals surface area contributed by atoms with E-state index in [9.17, 15) is 0 Å². The Labute approximate surface area is 157 Å². The third kappa shape index (κ3) is 3.14. The predicted octanol–water partition coefficient (Wildman–Crippen LogP) is 6.31. The van der Waals surface area contributed by atoms with E-state index in [-0.39, 0.29) is 0 Å². The summed E-state index contributed by atoms with van der Waals surface area (Å²) < 4.78 is 0. The Bertz CT molecular complexity index is 1070. The first kappa shape index (κ1) is 16.6. The number of halogens is 1. The van der Waals surface area contributed by atoms with Crippen molar-refractivity contribution >= 4 is 34.1 Å². The number of nitrogens with one attached hydrogen (secondary N) is 1. The fourth-order valence-corrected chi connectivity index (χ4v) is 3.21. The topological polar surface area (TPSA) is 37.8 Å². The van der Waals surface area contributed by atoms with Gasteiger partial charge in [0.25, 0.3) is 0 Å². The van der Waals surface area contributed by atoms with Crippen molar-refractivity contribution in [1.29, 1.82) is 0 Å². The van der Waals surface area contributed by atoms with Gasteiger partial charge in [-0.05, 0) is 43.2 Å². The molecule has 4 heteroatoms. The second-order valence-corrected chi connectivity index (χ2v) is 6.75. The first-order valence-electron chi connectivity index (χ1n) is 8.48. The van der Waals surface area contributed by atoms with Crippen molar-refractivity contribution in [2.45, 2.75) is 13.8 Å². The van der Waals surface area contributed by atoms with Crippen molar-refractivity contribution in [3.8, 4) is 11.3 Å². The van der Waals surface area contributed by atoms with Gasteiger partial charge in [-0.25, -0.2) is 9.97 Å². The van der Waals surface area contributed by atoms with Crippen LogP contribution in [-0.2, 0) is 0 Å². The van der Waals surface area contributed by atoms with Crippen LogP contribution in [0.4, 0.5) is 11.6 Å². The number of rotatable bonds is 3. The second-order valence-electron chi connectivity index (χ2n) is 6.31. The van der Waals surface area contributed by atoms with Crippen molar-refractivity contribution in [3.05, 3.63) is 82.9 Å². The minimum atomic E-state index is 0.589. The van der Waals surface area contributed by atoms with Crippen molar-refractivity contribution < 1.29 is 0 Å². The molecule has 0 fully saturated rings. The molecule has 4 rings (SSSR count). The number of benzene rings is 3. The molecule has 3 nitrogen and oxygen atoms in total. The highest BCUT2D eigenvalue weighted by atomic mass is 35.5. The van der Waals surface area contributed by atoms with E-state index in [0.29, 0.717) is 11.0 Å². The van der Waals surface area contributed by atoms with Crippen molar-refractivity contribution in [1.82, 2.24) is 9.97 Å². The molecular formula is C22H18ClN3. The molecule has 4 aromatic rings. The lowest BCUT2D eigenvalue weighted by Gasteiger charge is -2.14. The lowest BCUT2D eigenvalue weighted by Crippen LogP contribution is -2.02. The second kappa shape index (κ2) is 6.77. The van der Waals surface area contributed by atoms with Crippen LogP contribution in [0.3, 0.4) is 0 Å². The van der Waals surface area contributed by atoms with Crippen LogP contribution in [0.15, 0.2) is 66.7 Å². The first-order chi connectivity index (χ1) is 12.6. The molecule has 3 aromatic carbocycles. The monoisotopic (exact) mass is 359 g/mol. The van der Waals surface area contributed by atoms with Gasteiger partial charge in [-0.2, -0.15) is 0 Å². The maximum absolute atomic E-state index is 6.05. The highest BCUT2D eigenvalue weighted by Gasteiger charge is 2.11. The molecule has 0 aliphatic carbocycles. The standard InChI is InChI=1S/C22H18ClN3/c1-14-6-5-7-15(2)20(14)25-22-24-19-9-4-3-8-18(19)21(26-22)16-10-12-17(23)13-11-16/h3-13H,1-2H3,(H,24,25,26). The van der Waals surface area contributed by atoms with Crippen LogP contribution >= 0.6 is 11.6 Å². The Morgan fingerprint density at radius 3 is 2.19 bits per heavy atom. The highest BCUT2D eigenvalue weighted by Crippen LogP contribution is 2.30. The molecule has 0 saturated heterocycles.